The summed E-state index contributed by atoms with van der Waals surface area (Å²) in [6.07, 6.45) is 5.45. The molecule has 0 aromatic carbocycles. The predicted octanol–water partition coefficient (Wildman–Crippen LogP) is 1.82. The number of aryl methyl sites for hydroxylation is 2. The first-order chi connectivity index (χ1) is 8.52. The molecule has 1 aliphatic rings. The molecule has 0 radical (unpaired) electrons. The minimum atomic E-state index is -0.484. The van der Waals surface area contributed by atoms with E-state index in [1.807, 2.05) is 18.7 Å². The van der Waals surface area contributed by atoms with Crippen molar-refractivity contribution in [3.05, 3.63) is 17.0 Å². The van der Waals surface area contributed by atoms with E-state index in [0.717, 1.165) is 37.9 Å². The number of aromatic nitrogens is 2. The van der Waals surface area contributed by atoms with E-state index < -0.39 is 5.60 Å². The van der Waals surface area contributed by atoms with Crippen LogP contribution in [0.4, 0.5) is 0 Å². The number of nitrogens with zero attached hydrogens (tertiary/aromatic N) is 2. The van der Waals surface area contributed by atoms with Crippen molar-refractivity contribution in [2.45, 2.75) is 58.1 Å². The van der Waals surface area contributed by atoms with Crippen molar-refractivity contribution < 1.29 is 5.11 Å². The second kappa shape index (κ2) is 5.41. The molecule has 1 aliphatic carbocycles. The molecule has 2 N–H and O–H groups in total. The third kappa shape index (κ3) is 2.93. The van der Waals surface area contributed by atoms with Crippen LogP contribution < -0.4 is 5.32 Å². The Morgan fingerprint density at radius 2 is 1.94 bits per heavy atom. The summed E-state index contributed by atoms with van der Waals surface area (Å²) in [7, 11) is 1.97. The first-order valence-corrected chi connectivity index (χ1v) is 6.94. The lowest BCUT2D eigenvalue weighted by Crippen LogP contribution is -2.42. The van der Waals surface area contributed by atoms with E-state index in [9.17, 15) is 5.11 Å². The molecule has 0 aliphatic heterocycles. The molecule has 1 aromatic rings. The van der Waals surface area contributed by atoms with Crippen LogP contribution in [-0.2, 0) is 13.6 Å². The Hall–Kier alpha value is -0.870. The summed E-state index contributed by atoms with van der Waals surface area (Å²) in [4.78, 5) is 0. The van der Waals surface area contributed by atoms with Crippen LogP contribution in [0.5, 0.6) is 0 Å². The van der Waals surface area contributed by atoms with Gasteiger partial charge >= 0.3 is 0 Å². The molecule has 0 unspecified atom stereocenters. The summed E-state index contributed by atoms with van der Waals surface area (Å²) >= 11 is 0. The molecule has 0 saturated heterocycles. The zero-order chi connectivity index (χ0) is 13.2. The molecule has 0 atom stereocenters. The molecular formula is C14H25N3O. The largest absolute Gasteiger partial charge is 0.389 e. The predicted molar refractivity (Wildman–Crippen MR) is 72.4 cm³/mol. The molecule has 4 heteroatoms. The van der Waals surface area contributed by atoms with Crippen LogP contribution in [-0.4, -0.2) is 27.0 Å². The van der Waals surface area contributed by atoms with Crippen LogP contribution >= 0.6 is 0 Å². The number of aliphatic hydroxyl groups is 1. The van der Waals surface area contributed by atoms with Gasteiger partial charge in [0.2, 0.25) is 0 Å². The van der Waals surface area contributed by atoms with E-state index in [-0.39, 0.29) is 0 Å². The monoisotopic (exact) mass is 251 g/mol. The van der Waals surface area contributed by atoms with Gasteiger partial charge < -0.3 is 10.4 Å². The Kier molecular flexibility index (Phi) is 4.07. The smallest absolute Gasteiger partial charge is 0.0771 e. The van der Waals surface area contributed by atoms with Gasteiger partial charge in [-0.05, 0) is 26.7 Å². The maximum atomic E-state index is 10.4. The number of hydrogen-bond acceptors (Lipinski definition) is 3. The Labute approximate surface area is 109 Å². The second-order valence-electron chi connectivity index (χ2n) is 5.66. The van der Waals surface area contributed by atoms with Crippen LogP contribution in [0.15, 0.2) is 0 Å². The fourth-order valence-electron chi connectivity index (χ4n) is 2.88. The highest BCUT2D eigenvalue weighted by Crippen LogP contribution is 2.27. The SMILES string of the molecule is Cc1nn(C)c(C)c1CNCC1(O)CCCCC1. The summed E-state index contributed by atoms with van der Waals surface area (Å²) in [6, 6.07) is 0. The van der Waals surface area contributed by atoms with Gasteiger partial charge in [0.1, 0.15) is 0 Å². The van der Waals surface area contributed by atoms with Gasteiger partial charge in [0.15, 0.2) is 0 Å². The molecule has 1 aromatic heterocycles. The lowest BCUT2D eigenvalue weighted by Gasteiger charge is -2.32. The highest BCUT2D eigenvalue weighted by molar-refractivity contribution is 5.24. The highest BCUT2D eigenvalue weighted by atomic mass is 16.3. The van der Waals surface area contributed by atoms with Gasteiger partial charge in [-0.2, -0.15) is 5.10 Å². The summed E-state index contributed by atoms with van der Waals surface area (Å²) in [6.45, 7) is 5.63. The molecule has 102 valence electrons. The average Bonchev–Trinajstić information content (AvgIpc) is 2.56. The molecule has 0 bridgehead atoms. The molecule has 18 heavy (non-hydrogen) atoms. The topological polar surface area (TPSA) is 50.1 Å². The van der Waals surface area contributed by atoms with E-state index in [4.69, 9.17) is 0 Å². The van der Waals surface area contributed by atoms with Crippen LogP contribution in [0.2, 0.25) is 0 Å². The molecule has 0 spiro atoms. The van der Waals surface area contributed by atoms with Gasteiger partial charge in [-0.3, -0.25) is 4.68 Å². The van der Waals surface area contributed by atoms with E-state index in [1.54, 1.807) is 0 Å². The van der Waals surface area contributed by atoms with Crippen molar-refractivity contribution in [3.63, 3.8) is 0 Å². The lowest BCUT2D eigenvalue weighted by atomic mass is 9.85. The van der Waals surface area contributed by atoms with Crippen LogP contribution in [0.1, 0.15) is 49.1 Å². The zero-order valence-electron chi connectivity index (χ0n) is 11.8. The van der Waals surface area contributed by atoms with Crippen molar-refractivity contribution in [2.75, 3.05) is 6.54 Å². The molecule has 1 saturated carbocycles. The fraction of sp³-hybridized carbons (Fsp3) is 0.786. The van der Waals surface area contributed by atoms with E-state index in [0.29, 0.717) is 6.54 Å². The fourth-order valence-corrected chi connectivity index (χ4v) is 2.88. The van der Waals surface area contributed by atoms with Crippen molar-refractivity contribution in [3.8, 4) is 0 Å². The quantitative estimate of drug-likeness (QED) is 0.858. The van der Waals surface area contributed by atoms with Crippen molar-refractivity contribution in [2.24, 2.45) is 7.05 Å². The van der Waals surface area contributed by atoms with Crippen molar-refractivity contribution in [1.29, 1.82) is 0 Å². The number of rotatable bonds is 4. The third-order valence-corrected chi connectivity index (χ3v) is 4.20. The van der Waals surface area contributed by atoms with E-state index >= 15 is 0 Å². The van der Waals surface area contributed by atoms with Gasteiger partial charge in [-0.15, -0.1) is 0 Å². The van der Waals surface area contributed by atoms with Crippen molar-refractivity contribution in [1.82, 2.24) is 15.1 Å². The van der Waals surface area contributed by atoms with Gasteiger partial charge in [-0.1, -0.05) is 19.3 Å². The molecule has 1 heterocycles. The normalized spacial score (nSPS) is 19.1. The van der Waals surface area contributed by atoms with Gasteiger partial charge in [0.05, 0.1) is 11.3 Å². The summed E-state index contributed by atoms with van der Waals surface area (Å²) in [5.41, 5.74) is 3.06. The van der Waals surface area contributed by atoms with Crippen LogP contribution in [0.3, 0.4) is 0 Å². The molecule has 4 nitrogen and oxygen atoms in total. The van der Waals surface area contributed by atoms with Crippen LogP contribution in [0, 0.1) is 13.8 Å². The highest BCUT2D eigenvalue weighted by Gasteiger charge is 2.28. The van der Waals surface area contributed by atoms with E-state index in [1.165, 1.54) is 17.7 Å². The molecule has 0 amide bonds. The Balaban J connectivity index is 1.88. The van der Waals surface area contributed by atoms with Gasteiger partial charge in [-0.25, -0.2) is 0 Å². The van der Waals surface area contributed by atoms with Crippen molar-refractivity contribution >= 4 is 0 Å². The van der Waals surface area contributed by atoms with Crippen LogP contribution in [0.25, 0.3) is 0 Å². The molecule has 2 rings (SSSR count). The standard InChI is InChI=1S/C14H25N3O/c1-11-13(12(2)17(3)16-11)9-15-10-14(18)7-5-4-6-8-14/h15,18H,4-10H2,1-3H3. The first kappa shape index (κ1) is 13.6. The zero-order valence-corrected chi connectivity index (χ0v) is 11.8. The first-order valence-electron chi connectivity index (χ1n) is 6.94. The summed E-state index contributed by atoms with van der Waals surface area (Å²) < 4.78 is 1.92. The Morgan fingerprint density at radius 3 is 2.50 bits per heavy atom. The second-order valence-corrected chi connectivity index (χ2v) is 5.66. The molecular weight excluding hydrogens is 226 g/mol. The minimum Gasteiger partial charge on any atom is -0.389 e. The van der Waals surface area contributed by atoms with Gasteiger partial charge in [0, 0.05) is 31.4 Å². The maximum Gasteiger partial charge on any atom is 0.0771 e. The Morgan fingerprint density at radius 1 is 1.28 bits per heavy atom. The minimum absolute atomic E-state index is 0.484. The van der Waals surface area contributed by atoms with E-state index in [2.05, 4.69) is 17.3 Å². The maximum absolute atomic E-state index is 10.4. The Bertz CT molecular complexity index is 405. The summed E-state index contributed by atoms with van der Waals surface area (Å²) in [5, 5.41) is 18.2. The number of nitrogens with one attached hydrogen (secondary N) is 1. The molecule has 1 fully saturated rings. The lowest BCUT2D eigenvalue weighted by molar-refractivity contribution is 0.00465. The third-order valence-electron chi connectivity index (χ3n) is 4.20. The summed E-state index contributed by atoms with van der Waals surface area (Å²) in [5.74, 6) is 0. The average molecular weight is 251 g/mol. The van der Waals surface area contributed by atoms with Gasteiger partial charge in [0.25, 0.3) is 0 Å². The number of hydrogen-bond donors (Lipinski definition) is 2.